The summed E-state index contributed by atoms with van der Waals surface area (Å²) in [5, 5.41) is 0. The summed E-state index contributed by atoms with van der Waals surface area (Å²) in [6.45, 7) is 20.3. The van der Waals surface area contributed by atoms with Gasteiger partial charge in [-0.2, -0.15) is 0 Å². The van der Waals surface area contributed by atoms with Crippen LogP contribution >= 0.6 is 0 Å². The molecule has 1 aliphatic carbocycles. The molecule has 3 heterocycles. The zero-order valence-electron chi connectivity index (χ0n) is 17.3. The summed E-state index contributed by atoms with van der Waals surface area (Å²) >= 11 is 0. The van der Waals surface area contributed by atoms with E-state index < -0.39 is 0 Å². The molecule has 0 aromatic heterocycles. The molecule has 0 N–H and O–H groups in total. The van der Waals surface area contributed by atoms with Gasteiger partial charge in [-0.25, -0.2) is 0 Å². The summed E-state index contributed by atoms with van der Waals surface area (Å²) in [6, 6.07) is 0. The fourth-order valence-corrected chi connectivity index (χ4v) is 6.54. The summed E-state index contributed by atoms with van der Waals surface area (Å²) in [7, 11) is 0. The van der Waals surface area contributed by atoms with E-state index in [1.165, 1.54) is 90.9 Å². The van der Waals surface area contributed by atoms with E-state index in [1.54, 1.807) is 0 Å². The van der Waals surface area contributed by atoms with Gasteiger partial charge in [0.05, 0.1) is 0 Å². The van der Waals surface area contributed by atoms with Gasteiger partial charge in [0.15, 0.2) is 0 Å². The van der Waals surface area contributed by atoms with Gasteiger partial charge in [-0.3, -0.25) is 4.90 Å². The van der Waals surface area contributed by atoms with Crippen LogP contribution in [0, 0.1) is 16.7 Å². The second-order valence-electron chi connectivity index (χ2n) is 11.1. The van der Waals surface area contributed by atoms with Crippen LogP contribution in [0.25, 0.3) is 0 Å². The van der Waals surface area contributed by atoms with Crippen LogP contribution in [0.1, 0.15) is 66.2 Å². The molecule has 4 aliphatic rings. The van der Waals surface area contributed by atoms with Crippen LogP contribution in [0.5, 0.6) is 0 Å². The molecule has 1 unspecified atom stereocenters. The van der Waals surface area contributed by atoms with Crippen molar-refractivity contribution >= 4 is 0 Å². The van der Waals surface area contributed by atoms with Gasteiger partial charge in [0, 0.05) is 37.1 Å². The third-order valence-corrected chi connectivity index (χ3v) is 8.18. The third-order valence-electron chi connectivity index (χ3n) is 8.18. The maximum Gasteiger partial charge on any atom is 0.0125 e. The minimum Gasteiger partial charge on any atom is -0.303 e. The molecule has 0 aromatic rings. The van der Waals surface area contributed by atoms with Crippen LogP contribution in [0.4, 0.5) is 0 Å². The zero-order valence-corrected chi connectivity index (χ0v) is 17.3. The van der Waals surface area contributed by atoms with Gasteiger partial charge >= 0.3 is 0 Å². The molecule has 0 amide bonds. The third kappa shape index (κ3) is 3.66. The van der Waals surface area contributed by atoms with Gasteiger partial charge in [0.1, 0.15) is 0 Å². The Morgan fingerprint density at radius 2 is 1.48 bits per heavy atom. The highest BCUT2D eigenvalue weighted by molar-refractivity contribution is 5.03. The standard InChI is InChI=1S/C22H41N3/c1-5-23-11-8-22(16-23)17-24(18-22)15-19-6-7-21(14-19)9-12-25(13-10-21)20(2,3)4/h19H,5-18H2,1-4H3. The minimum absolute atomic E-state index is 0.360. The van der Waals surface area contributed by atoms with E-state index in [-0.39, 0.29) is 0 Å². The Morgan fingerprint density at radius 1 is 0.840 bits per heavy atom. The molecule has 25 heavy (non-hydrogen) atoms. The highest BCUT2D eigenvalue weighted by atomic mass is 15.3. The summed E-state index contributed by atoms with van der Waals surface area (Å²) in [6.07, 6.45) is 8.90. The molecule has 3 saturated heterocycles. The van der Waals surface area contributed by atoms with Crippen molar-refractivity contribution in [3.05, 3.63) is 0 Å². The number of hydrogen-bond acceptors (Lipinski definition) is 3. The lowest BCUT2D eigenvalue weighted by Gasteiger charge is -2.49. The van der Waals surface area contributed by atoms with Crippen LogP contribution in [0.2, 0.25) is 0 Å². The molecule has 2 spiro atoms. The topological polar surface area (TPSA) is 9.72 Å². The Morgan fingerprint density at radius 3 is 2.08 bits per heavy atom. The molecule has 1 atom stereocenters. The molecule has 0 aromatic carbocycles. The van der Waals surface area contributed by atoms with Crippen LogP contribution in [-0.4, -0.2) is 72.6 Å². The van der Waals surface area contributed by atoms with E-state index in [0.717, 1.165) is 5.92 Å². The van der Waals surface area contributed by atoms with Crippen molar-refractivity contribution in [2.24, 2.45) is 16.7 Å². The first-order chi connectivity index (χ1) is 11.8. The van der Waals surface area contributed by atoms with Crippen LogP contribution in [0.3, 0.4) is 0 Å². The summed E-state index contributed by atoms with van der Waals surface area (Å²) in [5.74, 6) is 0.988. The Balaban J connectivity index is 1.22. The van der Waals surface area contributed by atoms with Crippen molar-refractivity contribution in [3.8, 4) is 0 Å². The zero-order chi connectivity index (χ0) is 17.7. The first-order valence-electron chi connectivity index (χ1n) is 11.0. The largest absolute Gasteiger partial charge is 0.303 e. The highest BCUT2D eigenvalue weighted by Gasteiger charge is 2.49. The van der Waals surface area contributed by atoms with Gasteiger partial charge < -0.3 is 9.80 Å². The molecule has 3 heteroatoms. The Kier molecular flexibility index (Phi) is 4.74. The lowest BCUT2D eigenvalue weighted by molar-refractivity contribution is -0.00497. The lowest BCUT2D eigenvalue weighted by atomic mass is 9.75. The maximum atomic E-state index is 2.80. The van der Waals surface area contributed by atoms with E-state index in [4.69, 9.17) is 0 Å². The molecule has 144 valence electrons. The van der Waals surface area contributed by atoms with Crippen molar-refractivity contribution in [2.75, 3.05) is 52.4 Å². The van der Waals surface area contributed by atoms with Crippen LogP contribution < -0.4 is 0 Å². The number of nitrogens with zero attached hydrogens (tertiary/aromatic N) is 3. The van der Waals surface area contributed by atoms with E-state index in [9.17, 15) is 0 Å². The van der Waals surface area contributed by atoms with Crippen LogP contribution in [-0.2, 0) is 0 Å². The molecule has 4 fully saturated rings. The highest BCUT2D eigenvalue weighted by Crippen LogP contribution is 2.50. The second-order valence-corrected chi connectivity index (χ2v) is 11.1. The summed E-state index contributed by atoms with van der Waals surface area (Å²) in [5.41, 5.74) is 1.75. The number of piperidine rings is 1. The number of likely N-dealkylation sites (tertiary alicyclic amines) is 3. The first-order valence-corrected chi connectivity index (χ1v) is 11.0. The van der Waals surface area contributed by atoms with Gasteiger partial charge in [-0.1, -0.05) is 6.92 Å². The molecule has 1 saturated carbocycles. The quantitative estimate of drug-likeness (QED) is 0.771. The van der Waals surface area contributed by atoms with E-state index >= 15 is 0 Å². The molecule has 4 rings (SSSR count). The molecule has 0 bridgehead atoms. The van der Waals surface area contributed by atoms with Crippen molar-refractivity contribution in [3.63, 3.8) is 0 Å². The van der Waals surface area contributed by atoms with Crippen molar-refractivity contribution in [1.29, 1.82) is 0 Å². The van der Waals surface area contributed by atoms with E-state index in [0.29, 0.717) is 16.4 Å². The van der Waals surface area contributed by atoms with Gasteiger partial charge in [-0.05, 0) is 96.8 Å². The lowest BCUT2D eigenvalue weighted by Crippen LogP contribution is -2.58. The smallest absolute Gasteiger partial charge is 0.0125 e. The van der Waals surface area contributed by atoms with Crippen molar-refractivity contribution in [1.82, 2.24) is 14.7 Å². The predicted octanol–water partition coefficient (Wildman–Crippen LogP) is 3.69. The Bertz CT molecular complexity index is 466. The normalized spacial score (nSPS) is 33.4. The number of rotatable bonds is 3. The molecule has 3 aliphatic heterocycles. The first kappa shape index (κ1) is 18.3. The van der Waals surface area contributed by atoms with Gasteiger partial charge in [0.25, 0.3) is 0 Å². The molecule has 0 radical (unpaired) electrons. The average molecular weight is 348 g/mol. The summed E-state index contributed by atoms with van der Waals surface area (Å²) in [4.78, 5) is 8.17. The Labute approximate surface area is 156 Å². The molecular weight excluding hydrogens is 306 g/mol. The fourth-order valence-electron chi connectivity index (χ4n) is 6.54. The van der Waals surface area contributed by atoms with Crippen molar-refractivity contribution < 1.29 is 0 Å². The number of hydrogen-bond donors (Lipinski definition) is 0. The monoisotopic (exact) mass is 347 g/mol. The predicted molar refractivity (Wildman–Crippen MR) is 106 cm³/mol. The maximum absolute atomic E-state index is 2.80. The SMILES string of the molecule is CCN1CCC2(C1)CN(CC1CCC3(CCN(C(C)(C)C)CC3)C1)C2. The molecular formula is C22H41N3. The average Bonchev–Trinajstić information content (AvgIpc) is 3.12. The fraction of sp³-hybridized carbons (Fsp3) is 1.00. The molecule has 3 nitrogen and oxygen atoms in total. The van der Waals surface area contributed by atoms with Crippen molar-refractivity contribution in [2.45, 2.75) is 71.8 Å². The van der Waals surface area contributed by atoms with Crippen LogP contribution in [0.15, 0.2) is 0 Å². The Hall–Kier alpha value is -0.120. The van der Waals surface area contributed by atoms with E-state index in [2.05, 4.69) is 42.4 Å². The minimum atomic E-state index is 0.360. The van der Waals surface area contributed by atoms with Gasteiger partial charge in [0.2, 0.25) is 0 Å². The second kappa shape index (κ2) is 6.49. The summed E-state index contributed by atoms with van der Waals surface area (Å²) < 4.78 is 0. The van der Waals surface area contributed by atoms with Gasteiger partial charge in [-0.15, -0.1) is 0 Å². The van der Waals surface area contributed by atoms with E-state index in [1.807, 2.05) is 0 Å².